The number of ether oxygens (including phenoxy) is 2. The number of carbonyl (C=O) groups excluding carboxylic acids is 1. The normalized spacial score (nSPS) is 23.5. The molecule has 1 aliphatic heterocycles. The van der Waals surface area contributed by atoms with E-state index in [2.05, 4.69) is 19.2 Å². The van der Waals surface area contributed by atoms with E-state index in [4.69, 9.17) is 15.2 Å². The van der Waals surface area contributed by atoms with Gasteiger partial charge in [-0.3, -0.25) is 4.79 Å². The van der Waals surface area contributed by atoms with Crippen LogP contribution in [0.15, 0.2) is 18.2 Å². The fourth-order valence-corrected chi connectivity index (χ4v) is 3.24. The van der Waals surface area contributed by atoms with Gasteiger partial charge in [-0.05, 0) is 42.4 Å². The Morgan fingerprint density at radius 3 is 2.74 bits per heavy atom. The molecule has 1 saturated carbocycles. The minimum atomic E-state index is 0.0544. The van der Waals surface area contributed by atoms with Gasteiger partial charge >= 0.3 is 0 Å². The predicted molar refractivity (Wildman–Crippen MR) is 88.7 cm³/mol. The molecule has 3 N–H and O–H groups in total. The third kappa shape index (κ3) is 3.78. The van der Waals surface area contributed by atoms with Gasteiger partial charge in [-0.1, -0.05) is 19.9 Å². The predicted octanol–water partition coefficient (Wildman–Crippen LogP) is 2.05. The maximum absolute atomic E-state index is 12.4. The molecule has 0 aromatic heterocycles. The molecule has 3 atom stereocenters. The second kappa shape index (κ2) is 6.79. The summed E-state index contributed by atoms with van der Waals surface area (Å²) in [5, 5.41) is 3.10. The minimum absolute atomic E-state index is 0.0544. The Hall–Kier alpha value is -1.75. The third-order valence-corrected chi connectivity index (χ3v) is 4.51. The molecular formula is C18H26N2O3. The van der Waals surface area contributed by atoms with Crippen LogP contribution in [0.2, 0.25) is 0 Å². The summed E-state index contributed by atoms with van der Waals surface area (Å²) >= 11 is 0. The number of amides is 1. The van der Waals surface area contributed by atoms with E-state index in [9.17, 15) is 4.79 Å². The zero-order chi connectivity index (χ0) is 16.4. The number of nitrogens with one attached hydrogen (secondary N) is 1. The van der Waals surface area contributed by atoms with Crippen molar-refractivity contribution in [2.75, 3.05) is 19.8 Å². The molecule has 0 radical (unpaired) electrons. The Morgan fingerprint density at radius 2 is 2.04 bits per heavy atom. The summed E-state index contributed by atoms with van der Waals surface area (Å²) in [6.07, 6.45) is 1.81. The summed E-state index contributed by atoms with van der Waals surface area (Å²) in [6, 6.07) is 6.07. The number of hydrogen-bond acceptors (Lipinski definition) is 4. The zero-order valence-electron chi connectivity index (χ0n) is 13.9. The first-order valence-electron chi connectivity index (χ1n) is 8.48. The SMILES string of the molecule is CC(C)CC(CN)NC(=O)C1CC1c1ccc2c(c1)OCCO2. The van der Waals surface area contributed by atoms with Crippen LogP contribution in [0.4, 0.5) is 0 Å². The van der Waals surface area contributed by atoms with Crippen molar-refractivity contribution in [3.63, 3.8) is 0 Å². The molecule has 126 valence electrons. The molecule has 23 heavy (non-hydrogen) atoms. The van der Waals surface area contributed by atoms with Crippen molar-refractivity contribution in [2.45, 2.75) is 38.6 Å². The van der Waals surface area contributed by atoms with Crippen LogP contribution in [-0.2, 0) is 4.79 Å². The number of rotatable bonds is 6. The van der Waals surface area contributed by atoms with E-state index >= 15 is 0 Å². The standard InChI is InChI=1S/C18H26N2O3/c1-11(2)7-13(10-19)20-18(21)15-9-14(15)12-3-4-16-17(8-12)23-6-5-22-16/h3-4,8,11,13-15H,5-7,9-10,19H2,1-2H3,(H,20,21). The van der Waals surface area contributed by atoms with Crippen molar-refractivity contribution < 1.29 is 14.3 Å². The van der Waals surface area contributed by atoms with Crippen LogP contribution in [-0.4, -0.2) is 31.7 Å². The van der Waals surface area contributed by atoms with Gasteiger partial charge in [-0.25, -0.2) is 0 Å². The first-order valence-corrected chi connectivity index (χ1v) is 8.48. The molecule has 1 heterocycles. The Bertz CT molecular complexity index is 573. The van der Waals surface area contributed by atoms with E-state index in [1.165, 1.54) is 0 Å². The molecule has 5 nitrogen and oxygen atoms in total. The van der Waals surface area contributed by atoms with Crippen LogP contribution in [0.25, 0.3) is 0 Å². The second-order valence-electron chi connectivity index (χ2n) is 6.92. The average Bonchev–Trinajstić information content (AvgIpc) is 3.34. The van der Waals surface area contributed by atoms with Crippen LogP contribution in [0.5, 0.6) is 11.5 Å². The summed E-state index contributed by atoms with van der Waals surface area (Å²) in [5.41, 5.74) is 6.92. The lowest BCUT2D eigenvalue weighted by atomic mass is 10.0. The molecule has 0 spiro atoms. The number of carbonyl (C=O) groups is 1. The van der Waals surface area contributed by atoms with Crippen LogP contribution in [0.3, 0.4) is 0 Å². The molecule has 3 unspecified atom stereocenters. The van der Waals surface area contributed by atoms with Gasteiger partial charge < -0.3 is 20.5 Å². The quantitative estimate of drug-likeness (QED) is 0.842. The van der Waals surface area contributed by atoms with Crippen LogP contribution in [0, 0.1) is 11.8 Å². The van der Waals surface area contributed by atoms with Crippen molar-refractivity contribution in [1.29, 1.82) is 0 Å². The van der Waals surface area contributed by atoms with Gasteiger partial charge in [-0.2, -0.15) is 0 Å². The third-order valence-electron chi connectivity index (χ3n) is 4.51. The van der Waals surface area contributed by atoms with Crippen molar-refractivity contribution in [3.8, 4) is 11.5 Å². The fraction of sp³-hybridized carbons (Fsp3) is 0.611. The minimum Gasteiger partial charge on any atom is -0.486 e. The summed E-state index contributed by atoms with van der Waals surface area (Å²) in [6.45, 7) is 5.95. The zero-order valence-corrected chi connectivity index (χ0v) is 13.9. The smallest absolute Gasteiger partial charge is 0.224 e. The first-order chi connectivity index (χ1) is 11.1. The highest BCUT2D eigenvalue weighted by Gasteiger charge is 2.44. The van der Waals surface area contributed by atoms with Crippen molar-refractivity contribution in [2.24, 2.45) is 17.6 Å². The van der Waals surface area contributed by atoms with Gasteiger partial charge in [0.1, 0.15) is 13.2 Å². The van der Waals surface area contributed by atoms with Gasteiger partial charge in [0.2, 0.25) is 5.91 Å². The number of benzene rings is 1. The topological polar surface area (TPSA) is 73.6 Å². The van der Waals surface area contributed by atoms with E-state index in [-0.39, 0.29) is 23.8 Å². The maximum Gasteiger partial charge on any atom is 0.224 e. The average molecular weight is 318 g/mol. The first kappa shape index (κ1) is 16.1. The molecule has 0 bridgehead atoms. The summed E-state index contributed by atoms with van der Waals surface area (Å²) in [4.78, 5) is 12.4. The lowest BCUT2D eigenvalue weighted by Gasteiger charge is -2.19. The van der Waals surface area contributed by atoms with E-state index in [1.54, 1.807) is 0 Å². The molecule has 2 aliphatic rings. The monoisotopic (exact) mass is 318 g/mol. The Kier molecular flexibility index (Phi) is 4.76. The van der Waals surface area contributed by atoms with Gasteiger partial charge in [0.25, 0.3) is 0 Å². The second-order valence-corrected chi connectivity index (χ2v) is 6.92. The van der Waals surface area contributed by atoms with Gasteiger partial charge in [-0.15, -0.1) is 0 Å². The molecule has 1 aromatic rings. The summed E-state index contributed by atoms with van der Waals surface area (Å²) in [5.74, 6) is 2.57. The van der Waals surface area contributed by atoms with Gasteiger partial charge in [0, 0.05) is 18.5 Å². The Labute approximate surface area is 137 Å². The molecule has 1 fully saturated rings. The van der Waals surface area contributed by atoms with Crippen LogP contribution in [0.1, 0.15) is 38.2 Å². The highest BCUT2D eigenvalue weighted by Crippen LogP contribution is 2.49. The van der Waals surface area contributed by atoms with E-state index in [1.807, 2.05) is 18.2 Å². The number of fused-ring (bicyclic) bond motifs is 1. The Morgan fingerprint density at radius 1 is 1.30 bits per heavy atom. The largest absolute Gasteiger partial charge is 0.486 e. The molecular weight excluding hydrogens is 292 g/mol. The lowest BCUT2D eigenvalue weighted by molar-refractivity contribution is -0.123. The fourth-order valence-electron chi connectivity index (χ4n) is 3.24. The van der Waals surface area contributed by atoms with Crippen molar-refractivity contribution in [1.82, 2.24) is 5.32 Å². The van der Waals surface area contributed by atoms with Crippen LogP contribution >= 0.6 is 0 Å². The van der Waals surface area contributed by atoms with E-state index in [0.717, 1.165) is 29.9 Å². The molecule has 5 heteroatoms. The number of nitrogens with two attached hydrogens (primary N) is 1. The summed E-state index contributed by atoms with van der Waals surface area (Å²) < 4.78 is 11.2. The van der Waals surface area contributed by atoms with E-state index in [0.29, 0.717) is 25.7 Å². The van der Waals surface area contributed by atoms with E-state index < -0.39 is 0 Å². The lowest BCUT2D eigenvalue weighted by Crippen LogP contribution is -2.41. The molecule has 1 amide bonds. The molecule has 0 saturated heterocycles. The van der Waals surface area contributed by atoms with Crippen LogP contribution < -0.4 is 20.5 Å². The molecule has 3 rings (SSSR count). The summed E-state index contributed by atoms with van der Waals surface area (Å²) in [7, 11) is 0. The Balaban J connectivity index is 1.59. The number of hydrogen-bond donors (Lipinski definition) is 2. The van der Waals surface area contributed by atoms with Crippen molar-refractivity contribution >= 4 is 5.91 Å². The maximum atomic E-state index is 12.4. The highest BCUT2D eigenvalue weighted by atomic mass is 16.6. The van der Waals surface area contributed by atoms with Gasteiger partial charge in [0.05, 0.1) is 0 Å². The van der Waals surface area contributed by atoms with Gasteiger partial charge in [0.15, 0.2) is 11.5 Å². The van der Waals surface area contributed by atoms with Crippen molar-refractivity contribution in [3.05, 3.63) is 23.8 Å². The molecule has 1 aromatic carbocycles. The molecule has 1 aliphatic carbocycles. The highest BCUT2D eigenvalue weighted by molar-refractivity contribution is 5.83.